The molecule has 0 saturated carbocycles. The van der Waals surface area contributed by atoms with Crippen molar-refractivity contribution in [2.75, 3.05) is 17.7 Å². The quantitative estimate of drug-likeness (QED) is 0.345. The molecule has 0 radical (unpaired) electrons. The van der Waals surface area contributed by atoms with Gasteiger partial charge >= 0.3 is 5.13 Å². The number of benzene rings is 2. The normalized spacial score (nSPS) is 14.5. The predicted molar refractivity (Wildman–Crippen MR) is 118 cm³/mol. The highest BCUT2D eigenvalue weighted by molar-refractivity contribution is 8.13. The van der Waals surface area contributed by atoms with E-state index < -0.39 is 0 Å². The summed E-state index contributed by atoms with van der Waals surface area (Å²) in [6, 6.07) is 19.7. The van der Waals surface area contributed by atoms with Crippen molar-refractivity contribution in [1.29, 1.82) is 0 Å². The fraction of sp³-hybridized carbons (Fsp3) is 0.227. The van der Waals surface area contributed by atoms with E-state index >= 15 is 0 Å². The first-order chi connectivity index (χ1) is 13.8. The Kier molecular flexibility index (Phi) is 5.88. The Balaban J connectivity index is 1.71. The number of amides is 1. The molecule has 3 aromatic rings. The fourth-order valence-electron chi connectivity index (χ4n) is 3.36. The van der Waals surface area contributed by atoms with Crippen molar-refractivity contribution in [3.8, 4) is 11.3 Å². The van der Waals surface area contributed by atoms with Crippen LogP contribution in [0.25, 0.3) is 11.3 Å². The second-order valence-electron chi connectivity index (χ2n) is 6.55. The summed E-state index contributed by atoms with van der Waals surface area (Å²) in [5, 5.41) is 4.11. The highest BCUT2D eigenvalue weighted by Gasteiger charge is 2.32. The number of aliphatic imine (C=N–C) groups is 1. The lowest BCUT2D eigenvalue weighted by Crippen LogP contribution is -2.41. The molecule has 1 aromatic heterocycles. The van der Waals surface area contributed by atoms with Crippen LogP contribution in [0.5, 0.6) is 0 Å². The molecule has 1 aliphatic rings. The summed E-state index contributed by atoms with van der Waals surface area (Å²) < 4.78 is 2.37. The third kappa shape index (κ3) is 3.88. The van der Waals surface area contributed by atoms with Crippen LogP contribution in [-0.4, -0.2) is 23.9 Å². The van der Waals surface area contributed by atoms with Crippen molar-refractivity contribution in [3.05, 3.63) is 71.6 Å². The van der Waals surface area contributed by atoms with Gasteiger partial charge in [0.2, 0.25) is 0 Å². The zero-order valence-electron chi connectivity index (χ0n) is 15.7. The minimum atomic E-state index is -0.194. The van der Waals surface area contributed by atoms with E-state index in [1.54, 1.807) is 11.3 Å². The molecule has 4 nitrogen and oxygen atoms in total. The van der Waals surface area contributed by atoms with Crippen LogP contribution in [0.15, 0.2) is 71.0 Å². The molecule has 6 heteroatoms. The van der Waals surface area contributed by atoms with E-state index in [9.17, 15) is 4.79 Å². The molecule has 0 unspecified atom stereocenters. The molecular formula is C22H22N3OS2+. The molecule has 142 valence electrons. The maximum atomic E-state index is 12.7. The van der Waals surface area contributed by atoms with Crippen LogP contribution in [0.3, 0.4) is 0 Å². The number of hydrogen-bond donors (Lipinski definition) is 0. The maximum Gasteiger partial charge on any atom is 0.343 e. The standard InChI is InChI=1S/C22H22N3OS2/c1-27-21(23-20(26)18-12-6-3-7-13-18)25-15-9-8-14-24-19(16-28-22(24)25)17-10-4-2-5-11-17/h2-7,10-13,16H,8-9,14-15H2,1H3/q+1. The number of fused-ring (bicyclic) bond motifs is 1. The van der Waals surface area contributed by atoms with Crippen molar-refractivity contribution in [2.45, 2.75) is 19.4 Å². The Morgan fingerprint density at radius 2 is 1.79 bits per heavy atom. The van der Waals surface area contributed by atoms with Crippen molar-refractivity contribution >= 4 is 39.3 Å². The van der Waals surface area contributed by atoms with Crippen LogP contribution >= 0.6 is 23.1 Å². The van der Waals surface area contributed by atoms with Crippen LogP contribution in [-0.2, 0) is 6.54 Å². The van der Waals surface area contributed by atoms with Crippen molar-refractivity contribution in [1.82, 2.24) is 0 Å². The number of rotatable bonds is 2. The Labute approximate surface area is 173 Å². The van der Waals surface area contributed by atoms with Gasteiger partial charge in [-0.3, -0.25) is 4.79 Å². The Morgan fingerprint density at radius 3 is 2.50 bits per heavy atom. The van der Waals surface area contributed by atoms with Crippen molar-refractivity contribution in [3.63, 3.8) is 0 Å². The SMILES string of the molecule is CSC(=NC(=O)c1ccccc1)N1CCCC[n+]2c(-c3ccccc3)csc21. The molecule has 0 spiro atoms. The molecule has 1 aliphatic heterocycles. The molecule has 2 aromatic carbocycles. The summed E-state index contributed by atoms with van der Waals surface area (Å²) in [6.07, 6.45) is 4.17. The predicted octanol–water partition coefficient (Wildman–Crippen LogP) is 4.86. The van der Waals surface area contributed by atoms with Gasteiger partial charge in [0, 0.05) is 16.5 Å². The average Bonchev–Trinajstić information content (AvgIpc) is 3.06. The zero-order chi connectivity index (χ0) is 19.3. The van der Waals surface area contributed by atoms with Gasteiger partial charge in [-0.05, 0) is 31.2 Å². The van der Waals surface area contributed by atoms with Gasteiger partial charge in [-0.2, -0.15) is 9.89 Å². The average molecular weight is 409 g/mol. The van der Waals surface area contributed by atoms with Crippen LogP contribution in [0.2, 0.25) is 0 Å². The molecule has 28 heavy (non-hydrogen) atoms. The lowest BCUT2D eigenvalue weighted by Gasteiger charge is -2.14. The molecule has 2 heterocycles. The van der Waals surface area contributed by atoms with E-state index in [1.807, 2.05) is 42.7 Å². The largest absolute Gasteiger partial charge is 0.343 e. The molecule has 0 N–H and O–H groups in total. The summed E-state index contributed by atoms with van der Waals surface area (Å²) in [6.45, 7) is 1.85. The molecular weight excluding hydrogens is 386 g/mol. The molecule has 0 saturated heterocycles. The number of carbonyl (C=O) groups excluding carboxylic acids is 1. The lowest BCUT2D eigenvalue weighted by atomic mass is 10.2. The first-order valence-corrected chi connectivity index (χ1v) is 11.4. The summed E-state index contributed by atoms with van der Waals surface area (Å²) >= 11 is 3.24. The second kappa shape index (κ2) is 8.71. The topological polar surface area (TPSA) is 36.6 Å². The van der Waals surface area contributed by atoms with Crippen molar-refractivity contribution < 1.29 is 9.36 Å². The van der Waals surface area contributed by atoms with E-state index in [4.69, 9.17) is 0 Å². The van der Waals surface area contributed by atoms with E-state index in [0.29, 0.717) is 5.56 Å². The second-order valence-corrected chi connectivity index (χ2v) is 8.16. The van der Waals surface area contributed by atoms with Crippen LogP contribution in [0.1, 0.15) is 23.2 Å². The van der Waals surface area contributed by atoms with Gasteiger partial charge in [-0.15, -0.1) is 0 Å². The van der Waals surface area contributed by atoms with Crippen LogP contribution in [0, 0.1) is 0 Å². The Bertz CT molecular complexity index is 984. The van der Waals surface area contributed by atoms with E-state index in [-0.39, 0.29) is 5.91 Å². The highest BCUT2D eigenvalue weighted by Crippen LogP contribution is 2.29. The van der Waals surface area contributed by atoms with Gasteiger partial charge < -0.3 is 0 Å². The summed E-state index contributed by atoms with van der Waals surface area (Å²) in [5.41, 5.74) is 3.06. The van der Waals surface area contributed by atoms with Gasteiger partial charge in [0.25, 0.3) is 11.1 Å². The first-order valence-electron chi connectivity index (χ1n) is 9.34. The minimum absolute atomic E-state index is 0.194. The van der Waals surface area contributed by atoms with Gasteiger partial charge in [-0.1, -0.05) is 71.6 Å². The van der Waals surface area contributed by atoms with Gasteiger partial charge in [0.05, 0.1) is 13.1 Å². The summed E-state index contributed by atoms with van der Waals surface area (Å²) in [4.78, 5) is 19.3. The van der Waals surface area contributed by atoms with Crippen molar-refractivity contribution in [2.24, 2.45) is 4.99 Å². The van der Waals surface area contributed by atoms with E-state index in [1.165, 1.54) is 23.0 Å². The van der Waals surface area contributed by atoms with Gasteiger partial charge in [0.15, 0.2) is 0 Å². The smallest absolute Gasteiger partial charge is 0.267 e. The summed E-state index contributed by atoms with van der Waals surface area (Å²) in [5.74, 6) is -0.194. The van der Waals surface area contributed by atoms with E-state index in [2.05, 4.69) is 44.1 Å². The number of amidine groups is 1. The van der Waals surface area contributed by atoms with Crippen LogP contribution < -0.4 is 9.47 Å². The molecule has 0 bridgehead atoms. The van der Waals surface area contributed by atoms with Gasteiger partial charge in [0.1, 0.15) is 5.69 Å². The third-order valence-electron chi connectivity index (χ3n) is 4.74. The number of thiazole rings is 1. The van der Waals surface area contributed by atoms with Crippen LogP contribution in [0.4, 0.5) is 5.13 Å². The third-order valence-corrected chi connectivity index (χ3v) is 6.41. The zero-order valence-corrected chi connectivity index (χ0v) is 17.4. The first kappa shape index (κ1) is 18.9. The van der Waals surface area contributed by atoms with Gasteiger partial charge in [-0.25, -0.2) is 4.57 Å². The number of hydrogen-bond acceptors (Lipinski definition) is 3. The molecule has 0 fully saturated rings. The number of carbonyl (C=O) groups is 1. The number of aromatic nitrogens is 1. The molecule has 4 rings (SSSR count). The highest BCUT2D eigenvalue weighted by atomic mass is 32.2. The number of anilines is 1. The van der Waals surface area contributed by atoms with E-state index in [0.717, 1.165) is 36.2 Å². The fourth-order valence-corrected chi connectivity index (χ4v) is 5.09. The number of thioether (sulfide) groups is 1. The Hall–Kier alpha value is -2.44. The monoisotopic (exact) mass is 408 g/mol. The Morgan fingerprint density at radius 1 is 1.07 bits per heavy atom. The minimum Gasteiger partial charge on any atom is -0.267 e. The number of nitrogens with zero attached hydrogens (tertiary/aromatic N) is 3. The maximum absolute atomic E-state index is 12.7. The molecule has 1 amide bonds. The summed E-state index contributed by atoms with van der Waals surface area (Å²) in [7, 11) is 0. The lowest BCUT2D eigenvalue weighted by molar-refractivity contribution is -0.668. The molecule has 0 aliphatic carbocycles. The molecule has 0 atom stereocenters.